The van der Waals surface area contributed by atoms with Gasteiger partial charge >= 0.3 is 12.2 Å². The van der Waals surface area contributed by atoms with Gasteiger partial charge in [0.15, 0.2) is 11.3 Å². The molecule has 35 heavy (non-hydrogen) atoms. The average Bonchev–Trinajstić information content (AvgIpc) is 3.51. The van der Waals surface area contributed by atoms with Gasteiger partial charge in [-0.05, 0) is 45.7 Å². The Morgan fingerprint density at radius 2 is 1.97 bits per heavy atom. The van der Waals surface area contributed by atoms with Crippen LogP contribution < -0.4 is 9.64 Å². The van der Waals surface area contributed by atoms with Crippen LogP contribution in [-0.4, -0.2) is 69.6 Å². The van der Waals surface area contributed by atoms with Crippen LogP contribution in [0.1, 0.15) is 33.6 Å². The molecule has 12 heteroatoms. The number of ether oxygens (including phenoxy) is 2. The van der Waals surface area contributed by atoms with Gasteiger partial charge in [-0.15, -0.1) is 11.3 Å². The van der Waals surface area contributed by atoms with Crippen molar-refractivity contribution in [3.05, 3.63) is 23.7 Å². The lowest BCUT2D eigenvalue weighted by atomic mass is 10.2. The second kappa shape index (κ2) is 8.59. The Labute approximate surface area is 204 Å². The first-order chi connectivity index (χ1) is 16.5. The van der Waals surface area contributed by atoms with Crippen molar-refractivity contribution in [2.24, 2.45) is 0 Å². The van der Waals surface area contributed by atoms with Crippen LogP contribution in [0.15, 0.2) is 28.1 Å². The molecule has 1 N–H and O–H groups in total. The first-order valence-electron chi connectivity index (χ1n) is 11.3. The Kier molecular flexibility index (Phi) is 5.83. The van der Waals surface area contributed by atoms with Crippen molar-refractivity contribution in [1.82, 2.24) is 14.9 Å². The van der Waals surface area contributed by atoms with Crippen LogP contribution in [0.3, 0.4) is 0 Å². The Morgan fingerprint density at radius 3 is 2.57 bits per heavy atom. The zero-order chi connectivity index (χ0) is 25.0. The van der Waals surface area contributed by atoms with Crippen LogP contribution in [0.5, 0.6) is 5.75 Å². The van der Waals surface area contributed by atoms with Gasteiger partial charge in [0.05, 0.1) is 12.1 Å². The van der Waals surface area contributed by atoms with Crippen LogP contribution in [0.2, 0.25) is 0 Å². The number of aliphatic hydroxyl groups excluding tert-OH is 1. The molecular weight excluding hydrogens is 482 g/mol. The maximum atomic E-state index is 13.8. The van der Waals surface area contributed by atoms with Crippen molar-refractivity contribution in [3.8, 4) is 16.3 Å². The number of fused-ring (bicyclic) bond motifs is 3. The fourth-order valence-electron chi connectivity index (χ4n) is 4.58. The fraction of sp³-hybridized carbons (Fsp3) is 0.522. The lowest BCUT2D eigenvalue weighted by Gasteiger charge is -2.40. The first-order valence-corrected chi connectivity index (χ1v) is 12.2. The van der Waals surface area contributed by atoms with Crippen LogP contribution in [0, 0.1) is 0 Å². The van der Waals surface area contributed by atoms with Crippen LogP contribution in [0.4, 0.5) is 19.6 Å². The smallest absolute Gasteiger partial charge is 0.421 e. The molecule has 2 unspecified atom stereocenters. The molecule has 188 valence electrons. The van der Waals surface area contributed by atoms with Gasteiger partial charge < -0.3 is 23.9 Å². The maximum absolute atomic E-state index is 13.8. The summed E-state index contributed by atoms with van der Waals surface area (Å²) in [6.07, 6.45) is -0.828. The number of aromatic nitrogens is 2. The molecule has 0 saturated carbocycles. The summed E-state index contributed by atoms with van der Waals surface area (Å²) >= 11 is 1.38. The second-order valence-corrected chi connectivity index (χ2v) is 10.6. The molecule has 4 heterocycles. The van der Waals surface area contributed by atoms with Crippen molar-refractivity contribution in [2.75, 3.05) is 24.6 Å². The van der Waals surface area contributed by atoms with Gasteiger partial charge in [0.1, 0.15) is 22.7 Å². The minimum absolute atomic E-state index is 0.0442. The predicted molar refractivity (Wildman–Crippen MR) is 125 cm³/mol. The number of anilines is 1. The molecule has 0 radical (unpaired) electrons. The highest BCUT2D eigenvalue weighted by Gasteiger charge is 2.45. The van der Waals surface area contributed by atoms with Crippen LogP contribution >= 0.6 is 11.3 Å². The minimum Gasteiger partial charge on any atom is -0.444 e. The van der Waals surface area contributed by atoms with E-state index in [0.29, 0.717) is 29.2 Å². The summed E-state index contributed by atoms with van der Waals surface area (Å²) in [5.41, 5.74) is 0.415. The van der Waals surface area contributed by atoms with Gasteiger partial charge in [0.25, 0.3) is 6.01 Å². The van der Waals surface area contributed by atoms with E-state index in [-0.39, 0.29) is 35.5 Å². The largest absolute Gasteiger partial charge is 0.444 e. The highest BCUT2D eigenvalue weighted by atomic mass is 32.1. The normalized spacial score (nSPS) is 20.5. The number of carbonyl (C=O) groups is 1. The van der Waals surface area contributed by atoms with Crippen molar-refractivity contribution in [3.63, 3.8) is 0 Å². The summed E-state index contributed by atoms with van der Waals surface area (Å²) < 4.78 is 44.0. The number of oxazole rings is 1. The minimum atomic E-state index is -3.78. The van der Waals surface area contributed by atoms with Gasteiger partial charge in [-0.2, -0.15) is 13.8 Å². The molecule has 1 amide bonds. The lowest BCUT2D eigenvalue weighted by Crippen LogP contribution is -2.56. The van der Waals surface area contributed by atoms with Crippen molar-refractivity contribution < 1.29 is 32.6 Å². The van der Waals surface area contributed by atoms with E-state index in [4.69, 9.17) is 19.0 Å². The van der Waals surface area contributed by atoms with Gasteiger partial charge in [-0.25, -0.2) is 9.78 Å². The third-order valence-electron chi connectivity index (χ3n) is 5.96. The van der Waals surface area contributed by atoms with E-state index in [9.17, 15) is 13.6 Å². The summed E-state index contributed by atoms with van der Waals surface area (Å²) in [6.45, 7) is 4.97. The van der Waals surface area contributed by atoms with Crippen LogP contribution in [0.25, 0.3) is 21.7 Å². The van der Waals surface area contributed by atoms with E-state index in [1.165, 1.54) is 17.4 Å². The molecule has 2 aliphatic heterocycles. The number of amides is 1. The summed E-state index contributed by atoms with van der Waals surface area (Å²) in [7, 11) is 0. The number of piperazine rings is 1. The Balaban J connectivity index is 1.48. The third-order valence-corrected chi connectivity index (χ3v) is 6.77. The molecular formula is C23H26F2N4O5S. The highest BCUT2D eigenvalue weighted by Crippen LogP contribution is 2.41. The number of hydrogen-bond acceptors (Lipinski definition) is 9. The van der Waals surface area contributed by atoms with E-state index >= 15 is 0 Å². The van der Waals surface area contributed by atoms with Crippen molar-refractivity contribution in [2.45, 2.75) is 57.4 Å². The van der Waals surface area contributed by atoms with E-state index in [2.05, 4.69) is 9.97 Å². The zero-order valence-electron chi connectivity index (χ0n) is 19.5. The molecule has 2 aromatic heterocycles. The standard InChI is InChI=1S/C23H26F2N4O5S/c1-22(2,3)34-21(31)29-13-4-5-14(29)11-28(10-13)20-27-17-15(19-26-8-9-35-19)6-7-16(18(17)32-20)33-23(24,25)12-30/h6-9,13-14,30H,4-5,10-12H2,1-3H3. The average molecular weight is 509 g/mol. The molecule has 2 atom stereocenters. The monoisotopic (exact) mass is 508 g/mol. The quantitative estimate of drug-likeness (QED) is 0.538. The number of halogens is 2. The van der Waals surface area contributed by atoms with Crippen molar-refractivity contribution in [1.29, 1.82) is 0 Å². The maximum Gasteiger partial charge on any atom is 0.421 e. The number of benzene rings is 1. The molecule has 0 spiro atoms. The number of rotatable bonds is 5. The third kappa shape index (κ3) is 4.64. The summed E-state index contributed by atoms with van der Waals surface area (Å²) in [5, 5.41) is 11.4. The van der Waals surface area contributed by atoms with E-state index in [0.717, 1.165) is 12.8 Å². The molecule has 5 rings (SSSR count). The highest BCUT2D eigenvalue weighted by molar-refractivity contribution is 7.13. The Bertz CT molecular complexity index is 1210. The summed E-state index contributed by atoms with van der Waals surface area (Å²) in [4.78, 5) is 25.4. The van der Waals surface area contributed by atoms with Crippen LogP contribution in [-0.2, 0) is 4.74 Å². The number of thiazole rings is 1. The summed E-state index contributed by atoms with van der Waals surface area (Å²) in [6, 6.07) is 3.06. The second-order valence-electron chi connectivity index (χ2n) is 9.70. The summed E-state index contributed by atoms with van der Waals surface area (Å²) in [5.74, 6) is -0.228. The number of nitrogens with zero attached hydrogens (tertiary/aromatic N) is 4. The number of hydrogen-bond donors (Lipinski definition) is 1. The van der Waals surface area contributed by atoms with Gasteiger partial charge in [0, 0.05) is 30.2 Å². The molecule has 2 fully saturated rings. The van der Waals surface area contributed by atoms with Gasteiger partial charge in [-0.3, -0.25) is 4.90 Å². The van der Waals surface area contributed by atoms with Crippen molar-refractivity contribution >= 4 is 34.5 Å². The Hall–Kier alpha value is -2.99. The lowest BCUT2D eigenvalue weighted by molar-refractivity contribution is -0.200. The zero-order valence-corrected chi connectivity index (χ0v) is 20.3. The first kappa shape index (κ1) is 23.7. The predicted octanol–water partition coefficient (Wildman–Crippen LogP) is 4.50. The van der Waals surface area contributed by atoms with Gasteiger partial charge in [0.2, 0.25) is 0 Å². The topological polar surface area (TPSA) is 101 Å². The molecule has 3 aromatic rings. The molecule has 2 saturated heterocycles. The molecule has 2 bridgehead atoms. The molecule has 2 aliphatic rings. The van der Waals surface area contributed by atoms with Gasteiger partial charge in [-0.1, -0.05) is 0 Å². The molecule has 1 aromatic carbocycles. The van der Waals surface area contributed by atoms with E-state index < -0.39 is 18.3 Å². The number of aliphatic hydroxyl groups is 1. The SMILES string of the molecule is CC(C)(C)OC(=O)N1C2CCC1CN(c1nc3c(-c4nccs4)ccc(OC(F)(F)CO)c3o1)C2. The number of carbonyl (C=O) groups excluding carboxylic acids is 1. The fourth-order valence-corrected chi connectivity index (χ4v) is 5.25. The van der Waals surface area contributed by atoms with E-state index in [1.807, 2.05) is 25.7 Å². The molecule has 9 nitrogen and oxygen atoms in total. The molecule has 0 aliphatic carbocycles. The Morgan fingerprint density at radius 1 is 1.26 bits per heavy atom. The number of alkyl halides is 2. The van der Waals surface area contributed by atoms with E-state index in [1.54, 1.807) is 22.5 Å².